The fourth-order valence-corrected chi connectivity index (χ4v) is 3.59. The van der Waals surface area contributed by atoms with Crippen LogP contribution in [0.25, 0.3) is 0 Å². The molecule has 2 rings (SSSR count). The molecule has 1 N–H and O–H groups in total. The molecule has 21 heavy (non-hydrogen) atoms. The van der Waals surface area contributed by atoms with Gasteiger partial charge in [-0.05, 0) is 25.7 Å². The Balaban J connectivity index is 2.10. The van der Waals surface area contributed by atoms with E-state index >= 15 is 0 Å². The molecule has 1 aliphatic carbocycles. The third kappa shape index (κ3) is 3.37. The van der Waals surface area contributed by atoms with Crippen molar-refractivity contribution in [3.8, 4) is 6.07 Å². The Hall–Kier alpha value is -1.57. The number of amides is 2. The maximum Gasteiger partial charge on any atom is 0.243 e. The molecule has 1 atom stereocenters. The Morgan fingerprint density at radius 1 is 1.19 bits per heavy atom. The quantitative estimate of drug-likeness (QED) is 0.789. The number of nitrogens with zero attached hydrogens (tertiary/aromatic N) is 2. The molecule has 0 aromatic rings. The van der Waals surface area contributed by atoms with Crippen molar-refractivity contribution in [1.29, 1.82) is 5.26 Å². The SMILES string of the molecule is CNC(=O)C1CCCN(C(=O)C2(C#N)CCCCCC2)C1. The Morgan fingerprint density at radius 2 is 1.86 bits per heavy atom. The van der Waals surface area contributed by atoms with Crippen LogP contribution in [0.15, 0.2) is 0 Å². The van der Waals surface area contributed by atoms with Gasteiger partial charge in [0.25, 0.3) is 0 Å². The maximum absolute atomic E-state index is 12.9. The summed E-state index contributed by atoms with van der Waals surface area (Å²) in [6.45, 7) is 1.14. The first-order valence-electron chi connectivity index (χ1n) is 8.05. The number of nitriles is 1. The fourth-order valence-electron chi connectivity index (χ4n) is 3.59. The summed E-state index contributed by atoms with van der Waals surface area (Å²) in [4.78, 5) is 26.5. The first-order chi connectivity index (χ1) is 10.1. The van der Waals surface area contributed by atoms with Crippen molar-refractivity contribution in [2.24, 2.45) is 11.3 Å². The first-order valence-corrected chi connectivity index (χ1v) is 8.05. The van der Waals surface area contributed by atoms with E-state index in [-0.39, 0.29) is 17.7 Å². The van der Waals surface area contributed by atoms with Gasteiger partial charge in [-0.2, -0.15) is 5.26 Å². The number of hydrogen-bond acceptors (Lipinski definition) is 3. The number of hydrogen-bond donors (Lipinski definition) is 1. The summed E-state index contributed by atoms with van der Waals surface area (Å²) in [5.74, 6) is -0.172. The molecular weight excluding hydrogens is 266 g/mol. The van der Waals surface area contributed by atoms with Gasteiger partial charge in [0.1, 0.15) is 5.41 Å². The van der Waals surface area contributed by atoms with Crippen LogP contribution in [0.4, 0.5) is 0 Å². The summed E-state index contributed by atoms with van der Waals surface area (Å²) in [5.41, 5.74) is -0.846. The van der Waals surface area contributed by atoms with Gasteiger partial charge in [0.2, 0.25) is 11.8 Å². The smallest absolute Gasteiger partial charge is 0.243 e. The number of rotatable bonds is 2. The van der Waals surface area contributed by atoms with Crippen molar-refractivity contribution >= 4 is 11.8 Å². The molecule has 0 spiro atoms. The average Bonchev–Trinajstić information content (AvgIpc) is 2.80. The highest BCUT2D eigenvalue weighted by Crippen LogP contribution is 2.37. The van der Waals surface area contributed by atoms with Crippen LogP contribution >= 0.6 is 0 Å². The predicted octanol–water partition coefficient (Wildman–Crippen LogP) is 1.84. The second kappa shape index (κ2) is 6.93. The normalized spacial score (nSPS) is 25.5. The number of piperidine rings is 1. The van der Waals surface area contributed by atoms with Crippen LogP contribution in [0.5, 0.6) is 0 Å². The van der Waals surface area contributed by atoms with Crippen LogP contribution in [0.1, 0.15) is 51.4 Å². The summed E-state index contributed by atoms with van der Waals surface area (Å²) in [7, 11) is 1.63. The maximum atomic E-state index is 12.9. The van der Waals surface area contributed by atoms with Crippen LogP contribution < -0.4 is 5.32 Å². The Labute approximate surface area is 126 Å². The monoisotopic (exact) mass is 291 g/mol. The molecule has 2 fully saturated rings. The van der Waals surface area contributed by atoms with Gasteiger partial charge in [-0.3, -0.25) is 9.59 Å². The van der Waals surface area contributed by atoms with E-state index in [0.29, 0.717) is 25.9 Å². The van der Waals surface area contributed by atoms with Crippen LogP contribution in [0.3, 0.4) is 0 Å². The molecule has 1 saturated carbocycles. The van der Waals surface area contributed by atoms with Gasteiger partial charge in [0, 0.05) is 20.1 Å². The van der Waals surface area contributed by atoms with Crippen LogP contribution in [0.2, 0.25) is 0 Å². The number of carbonyl (C=O) groups excluding carboxylic acids is 2. The summed E-state index contributed by atoms with van der Waals surface area (Å²) >= 11 is 0. The molecule has 2 aliphatic rings. The molecule has 0 aromatic carbocycles. The molecule has 1 unspecified atom stereocenters. The number of nitrogens with one attached hydrogen (secondary N) is 1. The number of carbonyl (C=O) groups is 2. The summed E-state index contributed by atoms with van der Waals surface area (Å²) in [6.07, 6.45) is 7.12. The van der Waals surface area contributed by atoms with Crippen molar-refractivity contribution in [2.75, 3.05) is 20.1 Å². The molecule has 116 valence electrons. The molecule has 5 heteroatoms. The second-order valence-electron chi connectivity index (χ2n) is 6.31. The predicted molar refractivity (Wildman–Crippen MR) is 79.1 cm³/mol. The van der Waals surface area contributed by atoms with Gasteiger partial charge in [0.15, 0.2) is 0 Å². The minimum absolute atomic E-state index is 0.000580. The van der Waals surface area contributed by atoms with E-state index in [4.69, 9.17) is 0 Å². The topological polar surface area (TPSA) is 73.2 Å². The van der Waals surface area contributed by atoms with Crippen molar-refractivity contribution in [1.82, 2.24) is 10.2 Å². The van der Waals surface area contributed by atoms with Gasteiger partial charge in [-0.15, -0.1) is 0 Å². The van der Waals surface area contributed by atoms with Crippen LogP contribution in [-0.2, 0) is 9.59 Å². The Bertz CT molecular complexity index is 433. The standard InChI is InChI=1S/C16H25N3O2/c1-18-14(20)13-7-6-10-19(11-13)15(21)16(12-17)8-4-2-3-5-9-16/h13H,2-11H2,1H3,(H,18,20). The summed E-state index contributed by atoms with van der Waals surface area (Å²) in [6, 6.07) is 2.32. The zero-order chi connectivity index (χ0) is 15.3. The van der Waals surface area contributed by atoms with E-state index in [1.165, 1.54) is 0 Å². The van der Waals surface area contributed by atoms with E-state index in [0.717, 1.165) is 38.5 Å². The third-order valence-corrected chi connectivity index (χ3v) is 4.91. The van der Waals surface area contributed by atoms with Gasteiger partial charge in [-0.1, -0.05) is 25.7 Å². The minimum atomic E-state index is -0.846. The lowest BCUT2D eigenvalue weighted by atomic mass is 9.79. The van der Waals surface area contributed by atoms with Crippen molar-refractivity contribution in [2.45, 2.75) is 51.4 Å². The van der Waals surface area contributed by atoms with E-state index in [9.17, 15) is 14.9 Å². The van der Waals surface area contributed by atoms with Crippen molar-refractivity contribution in [3.63, 3.8) is 0 Å². The number of likely N-dealkylation sites (tertiary alicyclic amines) is 1. The zero-order valence-electron chi connectivity index (χ0n) is 12.9. The highest BCUT2D eigenvalue weighted by atomic mass is 16.2. The molecule has 0 aromatic heterocycles. The molecular formula is C16H25N3O2. The van der Waals surface area contributed by atoms with E-state index in [1.807, 2.05) is 0 Å². The van der Waals surface area contributed by atoms with E-state index in [2.05, 4.69) is 11.4 Å². The molecule has 1 aliphatic heterocycles. The summed E-state index contributed by atoms with van der Waals surface area (Å²) in [5, 5.41) is 12.3. The lowest BCUT2D eigenvalue weighted by molar-refractivity contribution is -0.143. The van der Waals surface area contributed by atoms with Crippen molar-refractivity contribution in [3.05, 3.63) is 0 Å². The molecule has 0 radical (unpaired) electrons. The minimum Gasteiger partial charge on any atom is -0.359 e. The lowest BCUT2D eigenvalue weighted by Gasteiger charge is -2.37. The highest BCUT2D eigenvalue weighted by molar-refractivity contribution is 5.86. The second-order valence-corrected chi connectivity index (χ2v) is 6.31. The van der Waals surface area contributed by atoms with Gasteiger partial charge in [-0.25, -0.2) is 0 Å². The molecule has 2 amide bonds. The fraction of sp³-hybridized carbons (Fsp3) is 0.812. The zero-order valence-corrected chi connectivity index (χ0v) is 12.9. The van der Waals surface area contributed by atoms with Gasteiger partial charge >= 0.3 is 0 Å². The molecule has 0 bridgehead atoms. The summed E-state index contributed by atoms with van der Waals surface area (Å²) < 4.78 is 0. The van der Waals surface area contributed by atoms with E-state index < -0.39 is 5.41 Å². The van der Waals surface area contributed by atoms with Gasteiger partial charge in [0.05, 0.1) is 12.0 Å². The Morgan fingerprint density at radius 3 is 2.43 bits per heavy atom. The van der Waals surface area contributed by atoms with Gasteiger partial charge < -0.3 is 10.2 Å². The first kappa shape index (κ1) is 15.8. The van der Waals surface area contributed by atoms with Crippen molar-refractivity contribution < 1.29 is 9.59 Å². The molecule has 5 nitrogen and oxygen atoms in total. The van der Waals surface area contributed by atoms with E-state index in [1.54, 1.807) is 11.9 Å². The third-order valence-electron chi connectivity index (χ3n) is 4.91. The molecule has 1 saturated heterocycles. The average molecular weight is 291 g/mol. The lowest BCUT2D eigenvalue weighted by Crippen LogP contribution is -2.50. The Kier molecular flexibility index (Phi) is 5.22. The largest absolute Gasteiger partial charge is 0.359 e. The van der Waals surface area contributed by atoms with Crippen LogP contribution in [0, 0.1) is 22.7 Å². The highest BCUT2D eigenvalue weighted by Gasteiger charge is 2.43. The molecule has 1 heterocycles. The van der Waals surface area contributed by atoms with Crippen LogP contribution in [-0.4, -0.2) is 36.9 Å².